The van der Waals surface area contributed by atoms with Gasteiger partial charge in [-0.25, -0.2) is 9.97 Å². The van der Waals surface area contributed by atoms with Crippen molar-refractivity contribution in [3.8, 4) is 0 Å². The lowest BCUT2D eigenvalue weighted by Crippen LogP contribution is -2.25. The molecule has 0 saturated heterocycles. The summed E-state index contributed by atoms with van der Waals surface area (Å²) in [6.45, 7) is 6.29. The molecule has 94 valence electrons. The number of hydrogen-bond donors (Lipinski definition) is 2. The van der Waals surface area contributed by atoms with Crippen LogP contribution in [0.2, 0.25) is 0 Å². The minimum atomic E-state index is -0.779. The molecule has 2 N–H and O–H groups in total. The number of carboxylic acids is 1. The predicted octanol–water partition coefficient (Wildman–Crippen LogP) is 1.94. The summed E-state index contributed by atoms with van der Waals surface area (Å²) in [6, 6.07) is 0. The summed E-state index contributed by atoms with van der Waals surface area (Å²) >= 11 is 0. The second-order valence-corrected chi connectivity index (χ2v) is 4.63. The summed E-state index contributed by atoms with van der Waals surface area (Å²) < 4.78 is 0. The van der Waals surface area contributed by atoms with E-state index in [2.05, 4.69) is 15.3 Å². The fourth-order valence-corrected chi connectivity index (χ4v) is 1.54. The van der Waals surface area contributed by atoms with Gasteiger partial charge in [-0.2, -0.15) is 0 Å². The first-order valence-electron chi connectivity index (χ1n) is 5.74. The predicted molar refractivity (Wildman–Crippen MR) is 65.8 cm³/mol. The normalized spacial score (nSPS) is 12.5. The van der Waals surface area contributed by atoms with E-state index in [1.54, 1.807) is 12.4 Å². The Morgan fingerprint density at radius 1 is 1.41 bits per heavy atom. The fourth-order valence-electron chi connectivity index (χ4n) is 1.54. The minimum Gasteiger partial charge on any atom is -0.481 e. The number of anilines is 1. The topological polar surface area (TPSA) is 75.1 Å². The zero-order chi connectivity index (χ0) is 12.8. The van der Waals surface area contributed by atoms with Crippen molar-refractivity contribution < 1.29 is 9.90 Å². The number of aryl methyl sites for hydroxylation is 1. The zero-order valence-corrected chi connectivity index (χ0v) is 10.5. The van der Waals surface area contributed by atoms with Crippen LogP contribution in [0.5, 0.6) is 0 Å². The molecule has 17 heavy (non-hydrogen) atoms. The highest BCUT2D eigenvalue weighted by Gasteiger charge is 2.18. The van der Waals surface area contributed by atoms with Gasteiger partial charge >= 0.3 is 5.97 Å². The van der Waals surface area contributed by atoms with E-state index in [0.717, 1.165) is 5.56 Å². The second kappa shape index (κ2) is 6.18. The molecule has 0 radical (unpaired) electrons. The number of carboxylic acid groups (broad SMARTS) is 1. The largest absolute Gasteiger partial charge is 0.481 e. The number of rotatable bonds is 6. The fraction of sp³-hybridized carbons (Fsp3) is 0.583. The Morgan fingerprint density at radius 2 is 2.00 bits per heavy atom. The van der Waals surface area contributed by atoms with Crippen molar-refractivity contribution in [3.05, 3.63) is 18.0 Å². The van der Waals surface area contributed by atoms with Crippen LogP contribution in [0.15, 0.2) is 12.4 Å². The molecule has 0 bridgehead atoms. The Labute approximate surface area is 101 Å². The number of carbonyl (C=O) groups is 1. The van der Waals surface area contributed by atoms with Crippen molar-refractivity contribution in [3.63, 3.8) is 0 Å². The third-order valence-corrected chi connectivity index (χ3v) is 2.39. The van der Waals surface area contributed by atoms with Crippen molar-refractivity contribution in [2.24, 2.45) is 11.8 Å². The van der Waals surface area contributed by atoms with Crippen molar-refractivity contribution in [1.29, 1.82) is 0 Å². The van der Waals surface area contributed by atoms with Crippen molar-refractivity contribution in [2.45, 2.75) is 27.2 Å². The Kier molecular flexibility index (Phi) is 4.87. The van der Waals surface area contributed by atoms with Crippen LogP contribution >= 0.6 is 0 Å². The van der Waals surface area contributed by atoms with Gasteiger partial charge in [0, 0.05) is 18.9 Å². The van der Waals surface area contributed by atoms with Gasteiger partial charge in [-0.1, -0.05) is 13.8 Å². The lowest BCUT2D eigenvalue weighted by Gasteiger charge is -2.15. The van der Waals surface area contributed by atoms with E-state index in [9.17, 15) is 4.79 Å². The lowest BCUT2D eigenvalue weighted by atomic mass is 9.97. The van der Waals surface area contributed by atoms with Gasteiger partial charge < -0.3 is 10.4 Å². The van der Waals surface area contributed by atoms with Crippen LogP contribution in [0, 0.1) is 18.8 Å². The van der Waals surface area contributed by atoms with E-state index in [4.69, 9.17) is 5.11 Å². The molecule has 1 aromatic rings. The maximum atomic E-state index is 11.0. The van der Waals surface area contributed by atoms with E-state index in [-0.39, 0.29) is 0 Å². The number of nitrogens with zero attached hydrogens (tertiary/aromatic N) is 2. The highest BCUT2D eigenvalue weighted by Crippen LogP contribution is 2.12. The first-order chi connectivity index (χ1) is 7.99. The molecular weight excluding hydrogens is 218 g/mol. The summed E-state index contributed by atoms with van der Waals surface area (Å²) in [4.78, 5) is 19.2. The van der Waals surface area contributed by atoms with Gasteiger partial charge in [0.15, 0.2) is 0 Å². The van der Waals surface area contributed by atoms with Crippen LogP contribution < -0.4 is 5.32 Å². The van der Waals surface area contributed by atoms with Crippen molar-refractivity contribution >= 4 is 11.9 Å². The SMILES string of the molecule is Cc1cnc(NCC(CC(C)C)C(=O)O)nc1. The maximum Gasteiger partial charge on any atom is 0.308 e. The smallest absolute Gasteiger partial charge is 0.308 e. The molecule has 0 aliphatic carbocycles. The average molecular weight is 237 g/mol. The molecule has 0 saturated carbocycles. The standard InChI is InChI=1S/C12H19N3O2/c1-8(2)4-10(11(16)17)7-15-12-13-5-9(3)6-14-12/h5-6,8,10H,4,7H2,1-3H3,(H,16,17)(H,13,14,15). The maximum absolute atomic E-state index is 11.0. The Bertz CT molecular complexity index is 363. The summed E-state index contributed by atoms with van der Waals surface area (Å²) in [5.41, 5.74) is 0.979. The van der Waals surface area contributed by atoms with Gasteiger partial charge in [0.05, 0.1) is 5.92 Å². The Balaban J connectivity index is 2.51. The molecule has 1 atom stereocenters. The first kappa shape index (κ1) is 13.4. The van der Waals surface area contributed by atoms with Gasteiger partial charge in [0.25, 0.3) is 0 Å². The zero-order valence-electron chi connectivity index (χ0n) is 10.5. The number of nitrogens with one attached hydrogen (secondary N) is 1. The minimum absolute atomic E-state index is 0.358. The van der Waals surface area contributed by atoms with Gasteiger partial charge in [0.1, 0.15) is 0 Å². The molecule has 5 heteroatoms. The van der Waals surface area contributed by atoms with Crippen LogP contribution in [0.1, 0.15) is 25.8 Å². The molecule has 0 aliphatic heterocycles. The molecule has 0 amide bonds. The van der Waals surface area contributed by atoms with E-state index in [1.807, 2.05) is 20.8 Å². The third kappa shape index (κ3) is 4.80. The Morgan fingerprint density at radius 3 is 2.47 bits per heavy atom. The average Bonchev–Trinajstić information content (AvgIpc) is 2.25. The Hall–Kier alpha value is -1.65. The molecular formula is C12H19N3O2. The van der Waals surface area contributed by atoms with Gasteiger partial charge in [-0.05, 0) is 24.8 Å². The molecule has 5 nitrogen and oxygen atoms in total. The quantitative estimate of drug-likeness (QED) is 0.790. The van der Waals surface area contributed by atoms with E-state index in [1.165, 1.54) is 0 Å². The van der Waals surface area contributed by atoms with Crippen molar-refractivity contribution in [1.82, 2.24) is 9.97 Å². The monoisotopic (exact) mass is 237 g/mol. The number of aromatic nitrogens is 2. The number of aliphatic carboxylic acids is 1. The van der Waals surface area contributed by atoms with E-state index >= 15 is 0 Å². The molecule has 0 aliphatic rings. The van der Waals surface area contributed by atoms with Gasteiger partial charge in [-0.15, -0.1) is 0 Å². The summed E-state index contributed by atoms with van der Waals surface area (Å²) in [7, 11) is 0. The molecule has 1 rings (SSSR count). The summed E-state index contributed by atoms with van der Waals surface area (Å²) in [6.07, 6.45) is 4.05. The lowest BCUT2D eigenvalue weighted by molar-refractivity contribution is -0.141. The van der Waals surface area contributed by atoms with E-state index < -0.39 is 11.9 Å². The van der Waals surface area contributed by atoms with Crippen LogP contribution in [0.25, 0.3) is 0 Å². The molecule has 1 unspecified atom stereocenters. The van der Waals surface area contributed by atoms with Crippen LogP contribution in [-0.4, -0.2) is 27.6 Å². The molecule has 0 fully saturated rings. The van der Waals surface area contributed by atoms with Crippen LogP contribution in [0.3, 0.4) is 0 Å². The van der Waals surface area contributed by atoms with Crippen molar-refractivity contribution in [2.75, 3.05) is 11.9 Å². The van der Waals surface area contributed by atoms with Crippen LogP contribution in [-0.2, 0) is 4.79 Å². The number of hydrogen-bond acceptors (Lipinski definition) is 4. The third-order valence-electron chi connectivity index (χ3n) is 2.39. The first-order valence-corrected chi connectivity index (χ1v) is 5.74. The molecule has 0 aromatic carbocycles. The summed E-state index contributed by atoms with van der Waals surface area (Å²) in [5, 5.41) is 12.0. The highest BCUT2D eigenvalue weighted by atomic mass is 16.4. The highest BCUT2D eigenvalue weighted by molar-refractivity contribution is 5.70. The van der Waals surface area contributed by atoms with E-state index in [0.29, 0.717) is 24.8 Å². The summed E-state index contributed by atoms with van der Waals surface area (Å²) in [5.74, 6) is -0.347. The molecule has 1 aromatic heterocycles. The molecule has 0 spiro atoms. The van der Waals surface area contributed by atoms with Crippen LogP contribution in [0.4, 0.5) is 5.95 Å². The van der Waals surface area contributed by atoms with Gasteiger partial charge in [0.2, 0.25) is 5.95 Å². The van der Waals surface area contributed by atoms with Gasteiger partial charge in [-0.3, -0.25) is 4.79 Å². The molecule has 1 heterocycles. The second-order valence-electron chi connectivity index (χ2n) is 4.63.